The quantitative estimate of drug-likeness (QED) is 0.667. The summed E-state index contributed by atoms with van der Waals surface area (Å²) in [6.07, 6.45) is -0.972. The highest BCUT2D eigenvalue weighted by Crippen LogP contribution is 2.19. The van der Waals surface area contributed by atoms with Crippen molar-refractivity contribution in [2.45, 2.75) is 26.1 Å². The molecule has 1 N–H and O–H groups in total. The molecule has 0 saturated carbocycles. The van der Waals surface area contributed by atoms with E-state index in [1.165, 1.54) is 6.07 Å². The summed E-state index contributed by atoms with van der Waals surface area (Å²) in [6, 6.07) is 6.33. The number of amides is 1. The van der Waals surface area contributed by atoms with Crippen LogP contribution in [-0.2, 0) is 17.8 Å². The van der Waals surface area contributed by atoms with Crippen LogP contribution in [0.15, 0.2) is 36.7 Å². The number of nitrogens with zero attached hydrogens (tertiary/aromatic N) is 4. The molecular formula is C18H18F3N5O2. The molecule has 1 amide bonds. The number of nitrogens with one attached hydrogen (secondary N) is 1. The van der Waals surface area contributed by atoms with E-state index in [2.05, 4.69) is 25.1 Å². The van der Waals surface area contributed by atoms with Crippen molar-refractivity contribution in [1.29, 1.82) is 0 Å². The molecule has 0 aliphatic rings. The molecular weight excluding hydrogens is 375 g/mol. The summed E-state index contributed by atoms with van der Waals surface area (Å²) in [7, 11) is 0. The van der Waals surface area contributed by atoms with Crippen molar-refractivity contribution in [3.63, 3.8) is 0 Å². The molecule has 0 saturated heterocycles. The Morgan fingerprint density at radius 3 is 2.86 bits per heavy atom. The predicted molar refractivity (Wildman–Crippen MR) is 94.8 cm³/mol. The van der Waals surface area contributed by atoms with E-state index >= 15 is 0 Å². The monoisotopic (exact) mass is 393 g/mol. The van der Waals surface area contributed by atoms with E-state index in [0.29, 0.717) is 23.4 Å². The lowest BCUT2D eigenvalue weighted by Gasteiger charge is -2.09. The number of hydrogen-bond acceptors (Lipinski definition) is 5. The van der Waals surface area contributed by atoms with Gasteiger partial charge in [0.2, 0.25) is 11.8 Å². The minimum absolute atomic E-state index is 0.106. The Hall–Kier alpha value is -3.17. The molecule has 0 bridgehead atoms. The van der Waals surface area contributed by atoms with Gasteiger partial charge in [-0.2, -0.15) is 18.3 Å². The van der Waals surface area contributed by atoms with E-state index in [0.717, 1.165) is 5.39 Å². The highest BCUT2D eigenvalue weighted by Gasteiger charge is 2.28. The average Bonchev–Trinajstić information content (AvgIpc) is 3.03. The number of ether oxygens (including phenoxy) is 1. The summed E-state index contributed by atoms with van der Waals surface area (Å²) in [5.41, 5.74) is 1.76. The van der Waals surface area contributed by atoms with E-state index in [1.807, 2.05) is 6.92 Å². The van der Waals surface area contributed by atoms with Crippen molar-refractivity contribution in [2.75, 3.05) is 13.2 Å². The smallest absolute Gasteiger partial charge is 0.422 e. The van der Waals surface area contributed by atoms with Gasteiger partial charge in [0.25, 0.3) is 0 Å². The van der Waals surface area contributed by atoms with Crippen LogP contribution in [0.4, 0.5) is 13.2 Å². The van der Waals surface area contributed by atoms with Crippen molar-refractivity contribution in [3.8, 4) is 5.88 Å². The number of likely N-dealkylation sites (N-methyl/N-ethyl adjacent to an activating group) is 1. The first-order chi connectivity index (χ1) is 13.3. The van der Waals surface area contributed by atoms with Crippen LogP contribution in [0.3, 0.4) is 0 Å². The molecule has 3 heterocycles. The number of carbonyl (C=O) groups excluding carboxylic acids is 1. The van der Waals surface area contributed by atoms with Gasteiger partial charge in [-0.05, 0) is 19.1 Å². The number of carbonyl (C=O) groups is 1. The Kier molecular flexibility index (Phi) is 5.76. The van der Waals surface area contributed by atoms with Crippen LogP contribution in [-0.4, -0.2) is 45.0 Å². The molecule has 0 aromatic carbocycles. The predicted octanol–water partition coefficient (Wildman–Crippen LogP) is 2.49. The molecule has 7 nitrogen and oxygen atoms in total. The van der Waals surface area contributed by atoms with Crippen molar-refractivity contribution in [1.82, 2.24) is 25.1 Å². The third-order valence-corrected chi connectivity index (χ3v) is 3.75. The molecule has 148 valence electrons. The minimum atomic E-state index is -4.43. The van der Waals surface area contributed by atoms with Crippen LogP contribution in [0, 0.1) is 0 Å². The summed E-state index contributed by atoms with van der Waals surface area (Å²) < 4.78 is 43.1. The molecule has 0 aliphatic heterocycles. The molecule has 10 heteroatoms. The van der Waals surface area contributed by atoms with Gasteiger partial charge in [0, 0.05) is 30.4 Å². The second-order valence-corrected chi connectivity index (χ2v) is 6.02. The zero-order valence-corrected chi connectivity index (χ0v) is 15.0. The Labute approximate surface area is 158 Å². The van der Waals surface area contributed by atoms with Crippen LogP contribution in [0.2, 0.25) is 0 Å². The topological polar surface area (TPSA) is 81.9 Å². The Balaban J connectivity index is 1.77. The lowest BCUT2D eigenvalue weighted by Crippen LogP contribution is -2.24. The van der Waals surface area contributed by atoms with E-state index in [-0.39, 0.29) is 24.8 Å². The van der Waals surface area contributed by atoms with Gasteiger partial charge in [0.15, 0.2) is 6.61 Å². The number of fused-ring (bicyclic) bond motifs is 1. The normalized spacial score (nSPS) is 11.6. The van der Waals surface area contributed by atoms with Crippen LogP contribution < -0.4 is 10.1 Å². The number of aromatic nitrogens is 4. The molecule has 0 fully saturated rings. The Morgan fingerprint density at radius 2 is 2.11 bits per heavy atom. The standard InChI is InChI=1S/C18H18F3N5O2/c1-2-22-16(27)8-15-13-10-26(25-14(13)6-7-23-15)9-12-4-3-5-17(24-12)28-11-18(19,20)21/h3-7,10H,2,8-9,11H2,1H3,(H,22,27). The molecule has 28 heavy (non-hydrogen) atoms. The molecule has 3 aromatic rings. The molecule has 0 unspecified atom stereocenters. The van der Waals surface area contributed by atoms with Crippen molar-refractivity contribution >= 4 is 16.8 Å². The number of alkyl halides is 3. The van der Waals surface area contributed by atoms with E-state index in [1.54, 1.807) is 35.3 Å². The van der Waals surface area contributed by atoms with E-state index in [9.17, 15) is 18.0 Å². The van der Waals surface area contributed by atoms with Crippen LogP contribution in [0.25, 0.3) is 10.9 Å². The molecule has 0 radical (unpaired) electrons. The third-order valence-electron chi connectivity index (χ3n) is 3.75. The maximum atomic E-state index is 12.3. The van der Waals surface area contributed by atoms with E-state index < -0.39 is 12.8 Å². The van der Waals surface area contributed by atoms with Gasteiger partial charge in [-0.3, -0.25) is 14.5 Å². The van der Waals surface area contributed by atoms with Crippen LogP contribution >= 0.6 is 0 Å². The van der Waals surface area contributed by atoms with Crippen LogP contribution in [0.5, 0.6) is 5.88 Å². The lowest BCUT2D eigenvalue weighted by molar-refractivity contribution is -0.154. The van der Waals surface area contributed by atoms with Crippen molar-refractivity contribution in [2.24, 2.45) is 0 Å². The molecule has 3 aromatic heterocycles. The van der Waals surface area contributed by atoms with E-state index in [4.69, 9.17) is 0 Å². The maximum absolute atomic E-state index is 12.3. The van der Waals surface area contributed by atoms with Gasteiger partial charge < -0.3 is 10.1 Å². The fraction of sp³-hybridized carbons (Fsp3) is 0.333. The highest BCUT2D eigenvalue weighted by molar-refractivity contribution is 5.86. The second kappa shape index (κ2) is 8.24. The second-order valence-electron chi connectivity index (χ2n) is 6.02. The number of halogens is 3. The zero-order valence-electron chi connectivity index (χ0n) is 15.0. The Bertz CT molecular complexity index is 971. The first-order valence-electron chi connectivity index (χ1n) is 8.57. The summed E-state index contributed by atoms with van der Waals surface area (Å²) in [5, 5.41) is 7.88. The first-order valence-corrected chi connectivity index (χ1v) is 8.57. The molecule has 0 atom stereocenters. The molecule has 0 aliphatic carbocycles. The minimum Gasteiger partial charge on any atom is -0.468 e. The van der Waals surface area contributed by atoms with Crippen molar-refractivity contribution < 1.29 is 22.7 Å². The molecule has 3 rings (SSSR count). The summed E-state index contributed by atoms with van der Waals surface area (Å²) in [6.45, 7) is 1.21. The maximum Gasteiger partial charge on any atom is 0.422 e. The lowest BCUT2D eigenvalue weighted by atomic mass is 10.2. The van der Waals surface area contributed by atoms with Gasteiger partial charge in [-0.25, -0.2) is 4.98 Å². The average molecular weight is 393 g/mol. The largest absolute Gasteiger partial charge is 0.468 e. The third kappa shape index (κ3) is 5.18. The fourth-order valence-corrected chi connectivity index (χ4v) is 2.63. The number of pyridine rings is 2. The first kappa shape index (κ1) is 19.6. The van der Waals surface area contributed by atoms with Gasteiger partial charge in [0.1, 0.15) is 0 Å². The summed E-state index contributed by atoms with van der Waals surface area (Å²) in [5.74, 6) is -0.239. The SMILES string of the molecule is CCNC(=O)Cc1nccc2nn(Cc3cccc(OCC(F)(F)F)n3)cc12. The highest BCUT2D eigenvalue weighted by atomic mass is 19.4. The van der Waals surface area contributed by atoms with Gasteiger partial charge >= 0.3 is 6.18 Å². The Morgan fingerprint density at radius 1 is 1.29 bits per heavy atom. The zero-order chi connectivity index (χ0) is 20.1. The van der Waals surface area contributed by atoms with Gasteiger partial charge in [0.05, 0.1) is 29.9 Å². The van der Waals surface area contributed by atoms with Gasteiger partial charge in [-0.15, -0.1) is 0 Å². The summed E-state index contributed by atoms with van der Waals surface area (Å²) in [4.78, 5) is 20.2. The molecule has 0 spiro atoms. The van der Waals surface area contributed by atoms with Crippen LogP contribution in [0.1, 0.15) is 18.3 Å². The fourth-order valence-electron chi connectivity index (χ4n) is 2.63. The van der Waals surface area contributed by atoms with Crippen molar-refractivity contribution in [3.05, 3.63) is 48.0 Å². The number of hydrogen-bond donors (Lipinski definition) is 1. The van der Waals surface area contributed by atoms with Gasteiger partial charge in [-0.1, -0.05) is 6.07 Å². The summed E-state index contributed by atoms with van der Waals surface area (Å²) >= 11 is 0. The number of rotatable bonds is 7.